The minimum Gasteiger partial charge on any atom is -0.324 e. The van der Waals surface area contributed by atoms with E-state index in [2.05, 4.69) is 10.6 Å². The quantitative estimate of drug-likeness (QED) is 0.573. The Morgan fingerprint density at radius 1 is 1.09 bits per heavy atom. The Morgan fingerprint density at radius 3 is 2.33 bits per heavy atom. The second kappa shape index (κ2) is 9.32. The van der Waals surface area contributed by atoms with Crippen molar-refractivity contribution < 1.29 is 22.8 Å². The van der Waals surface area contributed by atoms with Gasteiger partial charge < -0.3 is 10.6 Å². The van der Waals surface area contributed by atoms with E-state index in [4.69, 9.17) is 0 Å². The molecule has 0 bridgehead atoms. The molecule has 1 saturated heterocycles. The molecule has 9 nitrogen and oxygen atoms in total. The molecule has 1 aliphatic rings. The van der Waals surface area contributed by atoms with E-state index in [0.717, 1.165) is 10.5 Å². The molecular formula is C23H28N4O5S. The Balaban J connectivity index is 1.74. The number of carbonyl (C=O) groups is 3. The number of urea groups is 1. The molecular weight excluding hydrogens is 444 g/mol. The minimum absolute atomic E-state index is 0.0472. The first-order valence-electron chi connectivity index (χ1n) is 10.6. The monoisotopic (exact) mass is 472 g/mol. The molecule has 1 fully saturated rings. The fraction of sp³-hybridized carbons (Fsp3) is 0.348. The summed E-state index contributed by atoms with van der Waals surface area (Å²) in [6, 6.07) is 12.4. The summed E-state index contributed by atoms with van der Waals surface area (Å²) in [6.07, 6.45) is 0. The average Bonchev–Trinajstić information content (AvgIpc) is 2.99. The highest BCUT2D eigenvalue weighted by Gasteiger charge is 2.49. The molecule has 2 aromatic carbocycles. The molecule has 1 atom stereocenters. The molecule has 10 heteroatoms. The van der Waals surface area contributed by atoms with Gasteiger partial charge >= 0.3 is 6.03 Å². The van der Waals surface area contributed by atoms with Gasteiger partial charge in [-0.1, -0.05) is 49.7 Å². The molecule has 2 aromatic rings. The van der Waals surface area contributed by atoms with E-state index in [1.807, 2.05) is 19.1 Å². The number of hydrogen-bond acceptors (Lipinski definition) is 5. The van der Waals surface area contributed by atoms with Crippen molar-refractivity contribution in [3.05, 3.63) is 59.7 Å². The van der Waals surface area contributed by atoms with E-state index in [9.17, 15) is 22.8 Å². The van der Waals surface area contributed by atoms with Crippen molar-refractivity contribution in [3.63, 3.8) is 0 Å². The number of aryl methyl sites for hydroxylation is 1. The Morgan fingerprint density at radius 2 is 1.73 bits per heavy atom. The first-order chi connectivity index (χ1) is 15.5. The van der Waals surface area contributed by atoms with Gasteiger partial charge in [-0.15, -0.1) is 0 Å². The maximum atomic E-state index is 13.0. The zero-order chi connectivity index (χ0) is 24.4. The van der Waals surface area contributed by atoms with Gasteiger partial charge in [0.25, 0.3) is 5.91 Å². The van der Waals surface area contributed by atoms with E-state index in [1.165, 1.54) is 22.5 Å². The van der Waals surface area contributed by atoms with Crippen LogP contribution in [0.4, 0.5) is 10.5 Å². The van der Waals surface area contributed by atoms with Crippen LogP contribution in [0.15, 0.2) is 53.4 Å². The molecule has 3 rings (SSSR count). The van der Waals surface area contributed by atoms with Crippen LogP contribution >= 0.6 is 0 Å². The van der Waals surface area contributed by atoms with Crippen LogP contribution < -0.4 is 10.6 Å². The number of carbonyl (C=O) groups excluding carboxylic acids is 3. The Bertz CT molecular complexity index is 1180. The SMILES string of the molecule is CCN(CC)S(=O)(=O)c1cccc(NC(=O)CN2C(=O)NC(C)(c3ccc(C)cc3)C2=O)c1. The summed E-state index contributed by atoms with van der Waals surface area (Å²) in [4.78, 5) is 39.0. The maximum Gasteiger partial charge on any atom is 0.325 e. The summed E-state index contributed by atoms with van der Waals surface area (Å²) in [5, 5.41) is 5.24. The number of imide groups is 1. The zero-order valence-corrected chi connectivity index (χ0v) is 19.9. The molecule has 2 N–H and O–H groups in total. The van der Waals surface area contributed by atoms with Crippen molar-refractivity contribution in [2.24, 2.45) is 0 Å². The molecule has 33 heavy (non-hydrogen) atoms. The van der Waals surface area contributed by atoms with E-state index in [1.54, 1.807) is 39.0 Å². The third kappa shape index (κ3) is 4.76. The number of rotatable bonds is 8. The van der Waals surface area contributed by atoms with Crippen molar-refractivity contribution in [1.82, 2.24) is 14.5 Å². The maximum absolute atomic E-state index is 13.0. The van der Waals surface area contributed by atoms with Crippen molar-refractivity contribution >= 4 is 33.6 Å². The summed E-state index contributed by atoms with van der Waals surface area (Å²) in [5.74, 6) is -1.16. The van der Waals surface area contributed by atoms with E-state index < -0.39 is 40.0 Å². The molecule has 1 heterocycles. The topological polar surface area (TPSA) is 116 Å². The number of hydrogen-bond donors (Lipinski definition) is 2. The number of amides is 4. The Kier molecular flexibility index (Phi) is 6.89. The van der Waals surface area contributed by atoms with E-state index in [0.29, 0.717) is 18.7 Å². The normalized spacial score (nSPS) is 18.5. The summed E-state index contributed by atoms with van der Waals surface area (Å²) in [5.41, 5.74) is 0.605. The summed E-state index contributed by atoms with van der Waals surface area (Å²) < 4.78 is 26.8. The highest BCUT2D eigenvalue weighted by atomic mass is 32.2. The number of benzene rings is 2. The third-order valence-electron chi connectivity index (χ3n) is 5.67. The van der Waals surface area contributed by atoms with Crippen LogP contribution in [0, 0.1) is 6.92 Å². The lowest BCUT2D eigenvalue weighted by atomic mass is 9.91. The van der Waals surface area contributed by atoms with Gasteiger partial charge in [-0.25, -0.2) is 13.2 Å². The minimum atomic E-state index is -3.70. The second-order valence-corrected chi connectivity index (χ2v) is 9.92. The molecule has 1 aliphatic heterocycles. The average molecular weight is 473 g/mol. The van der Waals surface area contributed by atoms with Crippen LogP contribution in [-0.2, 0) is 25.2 Å². The zero-order valence-electron chi connectivity index (χ0n) is 19.1. The Labute approximate surface area is 193 Å². The highest BCUT2D eigenvalue weighted by molar-refractivity contribution is 7.89. The van der Waals surface area contributed by atoms with Gasteiger partial charge in [0, 0.05) is 18.8 Å². The predicted octanol–water partition coefficient (Wildman–Crippen LogP) is 2.43. The van der Waals surface area contributed by atoms with Crippen LogP contribution in [0.2, 0.25) is 0 Å². The highest BCUT2D eigenvalue weighted by Crippen LogP contribution is 2.29. The van der Waals surface area contributed by atoms with Gasteiger partial charge in [-0.05, 0) is 37.6 Å². The summed E-state index contributed by atoms with van der Waals surface area (Å²) in [7, 11) is -3.70. The lowest BCUT2D eigenvalue weighted by Crippen LogP contribution is -2.42. The van der Waals surface area contributed by atoms with Gasteiger partial charge in [0.05, 0.1) is 4.90 Å². The first kappa shape index (κ1) is 24.4. The molecule has 0 spiro atoms. The molecule has 0 aromatic heterocycles. The van der Waals surface area contributed by atoms with Gasteiger partial charge in [0.1, 0.15) is 12.1 Å². The lowest BCUT2D eigenvalue weighted by Gasteiger charge is -2.22. The van der Waals surface area contributed by atoms with Crippen molar-refractivity contribution in [3.8, 4) is 0 Å². The number of anilines is 1. The van der Waals surface area contributed by atoms with Crippen LogP contribution in [-0.4, -0.2) is 55.1 Å². The van der Waals surface area contributed by atoms with Gasteiger partial charge in [0.2, 0.25) is 15.9 Å². The predicted molar refractivity (Wildman–Crippen MR) is 124 cm³/mol. The van der Waals surface area contributed by atoms with Crippen molar-refractivity contribution in [1.29, 1.82) is 0 Å². The van der Waals surface area contributed by atoms with Gasteiger partial charge in [0.15, 0.2) is 0 Å². The molecule has 0 aliphatic carbocycles. The first-order valence-corrected chi connectivity index (χ1v) is 12.1. The summed E-state index contributed by atoms with van der Waals surface area (Å²) >= 11 is 0. The molecule has 4 amide bonds. The smallest absolute Gasteiger partial charge is 0.324 e. The Hall–Kier alpha value is -3.24. The van der Waals surface area contributed by atoms with Gasteiger partial charge in [-0.3, -0.25) is 14.5 Å². The largest absolute Gasteiger partial charge is 0.325 e. The lowest BCUT2D eigenvalue weighted by molar-refractivity contribution is -0.133. The van der Waals surface area contributed by atoms with Crippen LogP contribution in [0.5, 0.6) is 0 Å². The van der Waals surface area contributed by atoms with Crippen LogP contribution in [0.3, 0.4) is 0 Å². The number of sulfonamides is 1. The number of nitrogens with one attached hydrogen (secondary N) is 2. The number of nitrogens with zero attached hydrogens (tertiary/aromatic N) is 2. The fourth-order valence-corrected chi connectivity index (χ4v) is 5.22. The molecule has 176 valence electrons. The summed E-state index contributed by atoms with van der Waals surface area (Å²) in [6.45, 7) is 7.14. The van der Waals surface area contributed by atoms with Gasteiger partial charge in [-0.2, -0.15) is 4.31 Å². The molecule has 0 saturated carbocycles. The molecule has 1 unspecified atom stereocenters. The third-order valence-corrected chi connectivity index (χ3v) is 7.71. The van der Waals surface area contributed by atoms with Crippen LogP contribution in [0.1, 0.15) is 31.9 Å². The standard InChI is InChI=1S/C23H28N4O5S/c1-5-26(6-2)33(31,32)19-9-7-8-18(14-19)24-20(28)15-27-21(29)23(4,25-22(27)30)17-12-10-16(3)11-13-17/h7-14H,5-6,15H2,1-4H3,(H,24,28)(H,25,30). The van der Waals surface area contributed by atoms with E-state index >= 15 is 0 Å². The van der Waals surface area contributed by atoms with E-state index in [-0.39, 0.29) is 10.6 Å². The fourth-order valence-electron chi connectivity index (χ4n) is 3.71. The van der Waals surface area contributed by atoms with Crippen molar-refractivity contribution in [2.45, 2.75) is 38.1 Å². The molecule has 0 radical (unpaired) electrons. The second-order valence-electron chi connectivity index (χ2n) is 7.98. The van der Waals surface area contributed by atoms with Crippen molar-refractivity contribution in [2.75, 3.05) is 25.0 Å². The van der Waals surface area contributed by atoms with Crippen LogP contribution in [0.25, 0.3) is 0 Å².